The van der Waals surface area contributed by atoms with Crippen molar-refractivity contribution in [1.82, 2.24) is 14.4 Å². The third-order valence-electron chi connectivity index (χ3n) is 6.21. The molecule has 1 aromatic heterocycles. The molecule has 0 spiro atoms. The fourth-order valence-corrected chi connectivity index (χ4v) is 4.70. The molecule has 0 radical (unpaired) electrons. The Balaban J connectivity index is 1.37. The van der Waals surface area contributed by atoms with Gasteiger partial charge in [-0.15, -0.1) is 0 Å². The number of carboxylic acid groups (broad SMARTS) is 1. The van der Waals surface area contributed by atoms with E-state index in [1.54, 1.807) is 0 Å². The second-order valence-electron chi connectivity index (χ2n) is 9.11. The summed E-state index contributed by atoms with van der Waals surface area (Å²) >= 11 is 6.31. The van der Waals surface area contributed by atoms with Gasteiger partial charge in [0.15, 0.2) is 0 Å². The highest BCUT2D eigenvalue weighted by molar-refractivity contribution is 6.31. The van der Waals surface area contributed by atoms with Gasteiger partial charge in [0.25, 0.3) is 0 Å². The summed E-state index contributed by atoms with van der Waals surface area (Å²) in [4.78, 5) is 16.2. The summed E-state index contributed by atoms with van der Waals surface area (Å²) in [5.41, 5.74) is 3.10. The quantitative estimate of drug-likeness (QED) is 0.573. The number of fused-ring (bicyclic) bond motifs is 1. The van der Waals surface area contributed by atoms with E-state index in [0.717, 1.165) is 55.2 Å². The first kappa shape index (κ1) is 21.9. The molecule has 2 aromatic carbocycles. The number of aromatic nitrogens is 1. The summed E-state index contributed by atoms with van der Waals surface area (Å²) in [5, 5.41) is 11.2. The van der Waals surface area contributed by atoms with Gasteiger partial charge in [-0.3, -0.25) is 14.6 Å². The first-order valence-corrected chi connectivity index (χ1v) is 11.2. The molecule has 6 heteroatoms. The van der Waals surface area contributed by atoms with E-state index < -0.39 is 11.5 Å². The number of benzene rings is 2. The van der Waals surface area contributed by atoms with E-state index in [-0.39, 0.29) is 6.42 Å². The van der Waals surface area contributed by atoms with Gasteiger partial charge >= 0.3 is 5.97 Å². The van der Waals surface area contributed by atoms with Crippen LogP contribution in [-0.4, -0.2) is 51.6 Å². The normalized spacial score (nSPS) is 16.1. The van der Waals surface area contributed by atoms with Gasteiger partial charge in [-0.25, -0.2) is 0 Å². The van der Waals surface area contributed by atoms with E-state index in [0.29, 0.717) is 0 Å². The van der Waals surface area contributed by atoms with E-state index in [9.17, 15) is 9.90 Å². The minimum absolute atomic E-state index is 0.0942. The molecule has 4 rings (SSSR count). The third-order valence-corrected chi connectivity index (χ3v) is 6.58. The lowest BCUT2D eigenvalue weighted by molar-refractivity contribution is -0.138. The maximum Gasteiger partial charge on any atom is 0.305 e. The van der Waals surface area contributed by atoms with E-state index in [1.165, 1.54) is 11.1 Å². The number of nitrogens with zero attached hydrogens (tertiary/aromatic N) is 3. The predicted octanol–water partition coefficient (Wildman–Crippen LogP) is 4.82. The van der Waals surface area contributed by atoms with Gasteiger partial charge in [0.05, 0.1) is 6.42 Å². The topological polar surface area (TPSA) is 48.7 Å². The summed E-state index contributed by atoms with van der Waals surface area (Å²) in [6, 6.07) is 16.7. The molecule has 0 saturated carbocycles. The van der Waals surface area contributed by atoms with Crippen LogP contribution in [0.5, 0.6) is 0 Å². The average molecular weight is 440 g/mol. The van der Waals surface area contributed by atoms with E-state index in [2.05, 4.69) is 44.7 Å². The van der Waals surface area contributed by atoms with Crippen LogP contribution in [-0.2, 0) is 23.4 Å². The van der Waals surface area contributed by atoms with Crippen LogP contribution in [0.2, 0.25) is 5.02 Å². The Morgan fingerprint density at radius 3 is 2.35 bits per heavy atom. The monoisotopic (exact) mass is 439 g/mol. The smallest absolute Gasteiger partial charge is 0.305 e. The molecule has 2 heterocycles. The van der Waals surface area contributed by atoms with Gasteiger partial charge in [0.2, 0.25) is 0 Å². The first-order valence-electron chi connectivity index (χ1n) is 10.8. The molecule has 5 nitrogen and oxygen atoms in total. The molecule has 1 saturated heterocycles. The Morgan fingerprint density at radius 1 is 1.00 bits per heavy atom. The van der Waals surface area contributed by atoms with Crippen molar-refractivity contribution in [3.8, 4) is 0 Å². The largest absolute Gasteiger partial charge is 0.481 e. The van der Waals surface area contributed by atoms with Crippen molar-refractivity contribution in [3.63, 3.8) is 0 Å². The van der Waals surface area contributed by atoms with Crippen molar-refractivity contribution in [2.75, 3.05) is 26.2 Å². The Labute approximate surface area is 188 Å². The zero-order valence-electron chi connectivity index (χ0n) is 18.2. The fourth-order valence-electron chi connectivity index (χ4n) is 4.50. The maximum absolute atomic E-state index is 11.2. The van der Waals surface area contributed by atoms with Crippen LogP contribution in [0.4, 0.5) is 0 Å². The van der Waals surface area contributed by atoms with E-state index in [4.69, 9.17) is 11.6 Å². The van der Waals surface area contributed by atoms with Gasteiger partial charge in [-0.05, 0) is 54.6 Å². The molecule has 0 aliphatic carbocycles. The highest BCUT2D eigenvalue weighted by Gasteiger charge is 2.25. The van der Waals surface area contributed by atoms with Gasteiger partial charge in [-0.2, -0.15) is 0 Å². The third kappa shape index (κ3) is 5.12. The average Bonchev–Trinajstić information content (AvgIpc) is 3.14. The number of piperazine rings is 1. The first-order chi connectivity index (χ1) is 14.8. The highest BCUT2D eigenvalue weighted by atomic mass is 35.5. The molecule has 0 bridgehead atoms. The highest BCUT2D eigenvalue weighted by Crippen LogP contribution is 2.28. The fraction of sp³-hybridized carbons (Fsp3) is 0.400. The second-order valence-corrected chi connectivity index (χ2v) is 9.51. The number of carbonyl (C=O) groups is 1. The van der Waals surface area contributed by atoms with Crippen LogP contribution in [0.3, 0.4) is 0 Å². The summed E-state index contributed by atoms with van der Waals surface area (Å²) < 4.78 is 2.08. The van der Waals surface area contributed by atoms with Crippen molar-refractivity contribution in [2.24, 2.45) is 0 Å². The van der Waals surface area contributed by atoms with Crippen LogP contribution >= 0.6 is 11.6 Å². The van der Waals surface area contributed by atoms with E-state index >= 15 is 0 Å². The molecule has 0 amide bonds. The van der Waals surface area contributed by atoms with Crippen molar-refractivity contribution in [2.45, 2.75) is 38.9 Å². The predicted molar refractivity (Wildman–Crippen MR) is 126 cm³/mol. The van der Waals surface area contributed by atoms with Crippen molar-refractivity contribution < 1.29 is 9.90 Å². The molecule has 0 unspecified atom stereocenters. The zero-order chi connectivity index (χ0) is 22.0. The molecule has 1 aliphatic rings. The molecule has 31 heavy (non-hydrogen) atoms. The second kappa shape index (κ2) is 9.03. The van der Waals surface area contributed by atoms with Crippen LogP contribution in [0, 0.1) is 0 Å². The Kier molecular flexibility index (Phi) is 6.37. The van der Waals surface area contributed by atoms with Gasteiger partial charge in [-0.1, -0.05) is 35.9 Å². The Bertz CT molecular complexity index is 1070. The number of hydrogen-bond donors (Lipinski definition) is 1. The lowest BCUT2D eigenvalue weighted by atomic mass is 10.00. The zero-order valence-corrected chi connectivity index (χ0v) is 19.0. The molecule has 1 fully saturated rings. The van der Waals surface area contributed by atoms with Crippen LogP contribution in [0.15, 0.2) is 54.7 Å². The number of hydrogen-bond acceptors (Lipinski definition) is 3. The van der Waals surface area contributed by atoms with Crippen molar-refractivity contribution in [1.29, 1.82) is 0 Å². The van der Waals surface area contributed by atoms with Gasteiger partial charge in [0, 0.05) is 61.5 Å². The summed E-state index contributed by atoms with van der Waals surface area (Å²) in [5.74, 6) is -0.780. The van der Waals surface area contributed by atoms with Crippen molar-refractivity contribution >= 4 is 28.5 Å². The SMILES string of the molecule is CC(C)(CC(=O)O)n1ccc2cc(CN3CCN(Cc4ccccc4Cl)CC3)ccc21. The maximum atomic E-state index is 11.2. The lowest BCUT2D eigenvalue weighted by Gasteiger charge is -2.35. The van der Waals surface area contributed by atoms with Crippen LogP contribution in [0.1, 0.15) is 31.4 Å². The van der Waals surface area contributed by atoms with Crippen LogP contribution < -0.4 is 0 Å². The van der Waals surface area contributed by atoms with E-state index in [1.807, 2.05) is 38.2 Å². The Hall–Kier alpha value is -2.34. The minimum atomic E-state index is -0.780. The van der Waals surface area contributed by atoms with Gasteiger partial charge in [0.1, 0.15) is 0 Å². The number of halogens is 1. The molecule has 0 atom stereocenters. The molecule has 1 aliphatic heterocycles. The Morgan fingerprint density at radius 2 is 1.68 bits per heavy atom. The summed E-state index contributed by atoms with van der Waals surface area (Å²) in [6.07, 6.45) is 2.10. The van der Waals surface area contributed by atoms with Gasteiger partial charge < -0.3 is 9.67 Å². The number of carboxylic acids is 1. The molecule has 164 valence electrons. The molecule has 1 N–H and O–H groups in total. The standard InChI is InChI=1S/C25H30ClN3O2/c1-25(2,16-24(30)31)29-10-9-20-15-19(7-8-23(20)29)17-27-11-13-28(14-12-27)18-21-5-3-4-6-22(21)26/h3-10,15H,11-14,16-18H2,1-2H3,(H,30,31). The van der Waals surface area contributed by atoms with Crippen molar-refractivity contribution in [3.05, 3.63) is 70.9 Å². The summed E-state index contributed by atoms with van der Waals surface area (Å²) in [6.45, 7) is 9.91. The van der Waals surface area contributed by atoms with Crippen LogP contribution in [0.25, 0.3) is 10.9 Å². The number of rotatable bonds is 7. The number of aliphatic carboxylic acids is 1. The molecule has 3 aromatic rings. The molecular weight excluding hydrogens is 410 g/mol. The molecular formula is C25H30ClN3O2. The summed E-state index contributed by atoms with van der Waals surface area (Å²) in [7, 11) is 0. The lowest BCUT2D eigenvalue weighted by Crippen LogP contribution is -2.45. The minimum Gasteiger partial charge on any atom is -0.481 e.